The Morgan fingerprint density at radius 1 is 1.30 bits per heavy atom. The molecule has 0 aliphatic heterocycles. The Morgan fingerprint density at radius 2 is 2.13 bits per heavy atom. The van der Waals surface area contributed by atoms with Crippen LogP contribution in [0.15, 0.2) is 36.7 Å². The first-order chi connectivity index (χ1) is 11.3. The molecule has 120 valence electrons. The predicted molar refractivity (Wildman–Crippen MR) is 87.7 cm³/mol. The molecule has 0 spiro atoms. The molecule has 0 unspecified atom stereocenters. The van der Waals surface area contributed by atoms with Crippen molar-refractivity contribution in [3.05, 3.63) is 47.9 Å². The minimum atomic E-state index is -0.136. The highest BCUT2D eigenvalue weighted by Crippen LogP contribution is 2.19. The lowest BCUT2D eigenvalue weighted by Gasteiger charge is -2.10. The van der Waals surface area contributed by atoms with Crippen LogP contribution in [0.1, 0.15) is 28.9 Å². The zero-order valence-electron chi connectivity index (χ0n) is 13.1. The minimum Gasteiger partial charge on any atom is -0.496 e. The molecule has 1 amide bonds. The van der Waals surface area contributed by atoms with Gasteiger partial charge in [0.1, 0.15) is 23.6 Å². The van der Waals surface area contributed by atoms with Gasteiger partial charge in [-0.1, -0.05) is 18.2 Å². The normalized spacial score (nSPS) is 13.4. The van der Waals surface area contributed by atoms with Crippen LogP contribution in [0, 0.1) is 0 Å². The van der Waals surface area contributed by atoms with Gasteiger partial charge in [-0.3, -0.25) is 4.79 Å². The van der Waals surface area contributed by atoms with E-state index in [0.29, 0.717) is 24.1 Å². The van der Waals surface area contributed by atoms with E-state index in [1.807, 2.05) is 24.3 Å². The molecule has 2 aromatic rings. The minimum absolute atomic E-state index is 0.136. The molecule has 2 N–H and O–H groups in total. The average molecular weight is 312 g/mol. The summed E-state index contributed by atoms with van der Waals surface area (Å²) in [6.07, 6.45) is 4.33. The van der Waals surface area contributed by atoms with E-state index in [1.165, 1.54) is 6.33 Å². The number of nitrogens with zero attached hydrogens (tertiary/aromatic N) is 2. The highest BCUT2D eigenvalue weighted by atomic mass is 16.5. The number of nitrogens with one attached hydrogen (secondary N) is 2. The van der Waals surface area contributed by atoms with Crippen LogP contribution in [0.2, 0.25) is 0 Å². The first kappa shape index (κ1) is 15.3. The van der Waals surface area contributed by atoms with Gasteiger partial charge >= 0.3 is 0 Å². The SMILES string of the molecule is COc1ccccc1CCNc1cc(C(=O)NC2CC2)ncn1. The topological polar surface area (TPSA) is 76.1 Å². The Balaban J connectivity index is 1.56. The second kappa shape index (κ2) is 7.09. The van der Waals surface area contributed by atoms with E-state index >= 15 is 0 Å². The molecule has 0 radical (unpaired) electrons. The first-order valence-electron chi connectivity index (χ1n) is 7.75. The quantitative estimate of drug-likeness (QED) is 0.818. The Labute approximate surface area is 135 Å². The van der Waals surface area contributed by atoms with E-state index in [-0.39, 0.29) is 5.91 Å². The molecule has 1 aromatic heterocycles. The van der Waals surface area contributed by atoms with Crippen LogP contribution in [0.25, 0.3) is 0 Å². The van der Waals surface area contributed by atoms with Gasteiger partial charge in [0, 0.05) is 18.7 Å². The third-order valence-corrected chi connectivity index (χ3v) is 3.71. The molecule has 0 saturated heterocycles. The molecular formula is C17H20N4O2. The maximum absolute atomic E-state index is 12.0. The van der Waals surface area contributed by atoms with Crippen LogP contribution in [-0.4, -0.2) is 35.6 Å². The van der Waals surface area contributed by atoms with E-state index in [4.69, 9.17) is 4.74 Å². The molecule has 1 saturated carbocycles. The van der Waals surface area contributed by atoms with Gasteiger partial charge in [-0.05, 0) is 30.9 Å². The smallest absolute Gasteiger partial charge is 0.270 e. The molecule has 1 aromatic carbocycles. The van der Waals surface area contributed by atoms with Gasteiger partial charge in [-0.15, -0.1) is 0 Å². The van der Waals surface area contributed by atoms with Crippen molar-refractivity contribution in [2.75, 3.05) is 19.0 Å². The summed E-state index contributed by atoms with van der Waals surface area (Å²) >= 11 is 0. The van der Waals surface area contributed by atoms with Crippen LogP contribution >= 0.6 is 0 Å². The van der Waals surface area contributed by atoms with E-state index in [9.17, 15) is 4.79 Å². The lowest BCUT2D eigenvalue weighted by Crippen LogP contribution is -2.26. The molecule has 1 aliphatic carbocycles. The second-order valence-corrected chi connectivity index (χ2v) is 5.52. The van der Waals surface area contributed by atoms with Crippen LogP contribution in [0.3, 0.4) is 0 Å². The number of ether oxygens (including phenoxy) is 1. The zero-order chi connectivity index (χ0) is 16.1. The maximum atomic E-state index is 12.0. The lowest BCUT2D eigenvalue weighted by molar-refractivity contribution is 0.0946. The zero-order valence-corrected chi connectivity index (χ0v) is 13.1. The summed E-state index contributed by atoms with van der Waals surface area (Å²) in [5.41, 5.74) is 1.52. The molecule has 6 heteroatoms. The van der Waals surface area contributed by atoms with Crippen molar-refractivity contribution in [1.29, 1.82) is 0 Å². The Hall–Kier alpha value is -2.63. The number of carbonyl (C=O) groups excluding carboxylic acids is 1. The molecule has 0 bridgehead atoms. The summed E-state index contributed by atoms with van der Waals surface area (Å²) in [6.45, 7) is 0.696. The van der Waals surface area contributed by atoms with Crippen molar-refractivity contribution >= 4 is 11.7 Å². The van der Waals surface area contributed by atoms with E-state index < -0.39 is 0 Å². The molecular weight excluding hydrogens is 292 g/mol. The fourth-order valence-corrected chi connectivity index (χ4v) is 2.30. The van der Waals surface area contributed by atoms with Gasteiger partial charge in [0.25, 0.3) is 5.91 Å². The first-order valence-corrected chi connectivity index (χ1v) is 7.75. The van der Waals surface area contributed by atoms with Gasteiger partial charge in [-0.2, -0.15) is 0 Å². The van der Waals surface area contributed by atoms with Crippen LogP contribution < -0.4 is 15.4 Å². The summed E-state index contributed by atoms with van der Waals surface area (Å²) < 4.78 is 5.34. The summed E-state index contributed by atoms with van der Waals surface area (Å²) in [6, 6.07) is 9.92. The Kier molecular flexibility index (Phi) is 4.71. The highest BCUT2D eigenvalue weighted by molar-refractivity contribution is 5.93. The van der Waals surface area contributed by atoms with Gasteiger partial charge in [0.2, 0.25) is 0 Å². The van der Waals surface area contributed by atoms with Crippen LogP contribution in [0.4, 0.5) is 5.82 Å². The monoisotopic (exact) mass is 312 g/mol. The Bertz CT molecular complexity index is 686. The number of para-hydroxylation sites is 1. The number of benzene rings is 1. The average Bonchev–Trinajstić information content (AvgIpc) is 3.39. The van der Waals surface area contributed by atoms with Crippen molar-refractivity contribution in [2.45, 2.75) is 25.3 Å². The summed E-state index contributed by atoms with van der Waals surface area (Å²) in [4.78, 5) is 20.2. The number of rotatable bonds is 7. The fraction of sp³-hybridized carbons (Fsp3) is 0.353. The molecule has 1 fully saturated rings. The molecule has 1 aliphatic rings. The van der Waals surface area contributed by atoms with E-state index in [2.05, 4.69) is 20.6 Å². The fourth-order valence-electron chi connectivity index (χ4n) is 2.30. The van der Waals surface area contributed by atoms with Gasteiger partial charge in [-0.25, -0.2) is 9.97 Å². The molecule has 3 rings (SSSR count). The Morgan fingerprint density at radius 3 is 2.91 bits per heavy atom. The summed E-state index contributed by atoms with van der Waals surface area (Å²) in [7, 11) is 1.67. The summed E-state index contributed by atoms with van der Waals surface area (Å²) in [5.74, 6) is 1.39. The van der Waals surface area contributed by atoms with Crippen molar-refractivity contribution in [3.63, 3.8) is 0 Å². The van der Waals surface area contributed by atoms with Gasteiger partial charge in [0.05, 0.1) is 7.11 Å². The van der Waals surface area contributed by atoms with Crippen LogP contribution in [0.5, 0.6) is 5.75 Å². The van der Waals surface area contributed by atoms with Crippen molar-refractivity contribution in [3.8, 4) is 5.75 Å². The number of hydrogen-bond acceptors (Lipinski definition) is 5. The van der Waals surface area contributed by atoms with Crippen molar-refractivity contribution < 1.29 is 9.53 Å². The van der Waals surface area contributed by atoms with Gasteiger partial charge in [0.15, 0.2) is 0 Å². The summed E-state index contributed by atoms with van der Waals surface area (Å²) in [5, 5.41) is 6.14. The predicted octanol–water partition coefficient (Wildman–Crippen LogP) is 2.03. The van der Waals surface area contributed by atoms with Crippen LogP contribution in [-0.2, 0) is 6.42 Å². The van der Waals surface area contributed by atoms with Crippen molar-refractivity contribution in [2.24, 2.45) is 0 Å². The number of amides is 1. The maximum Gasteiger partial charge on any atom is 0.270 e. The van der Waals surface area contributed by atoms with E-state index in [1.54, 1.807) is 13.2 Å². The number of hydrogen-bond donors (Lipinski definition) is 2. The van der Waals surface area contributed by atoms with Gasteiger partial charge < -0.3 is 15.4 Å². The standard InChI is InChI=1S/C17H20N4O2/c1-23-15-5-3-2-4-12(15)8-9-18-16-10-14(19-11-20-16)17(22)21-13-6-7-13/h2-5,10-11,13H,6-9H2,1H3,(H,21,22)(H,18,19,20). The third kappa shape index (κ3) is 4.18. The number of aromatic nitrogens is 2. The molecule has 0 atom stereocenters. The largest absolute Gasteiger partial charge is 0.496 e. The number of anilines is 1. The van der Waals surface area contributed by atoms with Crippen molar-refractivity contribution in [1.82, 2.24) is 15.3 Å². The lowest BCUT2D eigenvalue weighted by atomic mass is 10.1. The highest BCUT2D eigenvalue weighted by Gasteiger charge is 2.24. The number of methoxy groups -OCH3 is 1. The molecule has 6 nitrogen and oxygen atoms in total. The third-order valence-electron chi connectivity index (χ3n) is 3.71. The molecule has 23 heavy (non-hydrogen) atoms. The molecule has 1 heterocycles. The number of carbonyl (C=O) groups is 1. The second-order valence-electron chi connectivity index (χ2n) is 5.52. The van der Waals surface area contributed by atoms with E-state index in [0.717, 1.165) is 30.6 Å².